The monoisotopic (exact) mass is 369 g/mol. The second kappa shape index (κ2) is 9.98. The summed E-state index contributed by atoms with van der Waals surface area (Å²) < 4.78 is 9.73. The van der Waals surface area contributed by atoms with Crippen molar-refractivity contribution in [3.8, 4) is 0 Å². The van der Waals surface area contributed by atoms with Crippen molar-refractivity contribution in [2.24, 2.45) is 5.73 Å². The first-order valence-electron chi connectivity index (χ1n) is 8.21. The molecule has 0 spiro atoms. The molecule has 2 N–H and O–H groups in total. The van der Waals surface area contributed by atoms with Crippen molar-refractivity contribution in [3.05, 3.63) is 71.8 Å². The van der Waals surface area contributed by atoms with E-state index in [9.17, 15) is 19.2 Å². The second-order valence-electron chi connectivity index (χ2n) is 5.72. The van der Waals surface area contributed by atoms with Gasteiger partial charge >= 0.3 is 11.9 Å². The number of esters is 2. The van der Waals surface area contributed by atoms with Gasteiger partial charge in [0, 0.05) is 6.42 Å². The highest BCUT2D eigenvalue weighted by atomic mass is 16.5. The van der Waals surface area contributed by atoms with E-state index in [0.717, 1.165) is 0 Å². The number of benzene rings is 2. The molecule has 0 fully saturated rings. The van der Waals surface area contributed by atoms with Crippen molar-refractivity contribution in [2.75, 3.05) is 0 Å². The van der Waals surface area contributed by atoms with Gasteiger partial charge in [-0.2, -0.15) is 0 Å². The van der Waals surface area contributed by atoms with E-state index in [1.54, 1.807) is 60.7 Å². The van der Waals surface area contributed by atoms with Crippen LogP contribution in [0.1, 0.15) is 17.5 Å². The highest BCUT2D eigenvalue weighted by Crippen LogP contribution is 2.04. The van der Waals surface area contributed by atoms with Gasteiger partial charge < -0.3 is 15.2 Å². The first kappa shape index (κ1) is 20.0. The van der Waals surface area contributed by atoms with Crippen molar-refractivity contribution in [3.63, 3.8) is 0 Å². The molecule has 0 bridgehead atoms. The molecule has 2 aromatic carbocycles. The van der Waals surface area contributed by atoms with Gasteiger partial charge in [-0.3, -0.25) is 9.59 Å². The number of hydrogen-bond donors (Lipinski definition) is 1. The molecule has 0 aliphatic carbocycles. The SMILES string of the molecule is N[C@@H](CC(=O)C(=O)OCc1ccccc1)C(=O)C(=O)OCc1ccccc1. The maximum Gasteiger partial charge on any atom is 0.376 e. The van der Waals surface area contributed by atoms with Gasteiger partial charge in [0.25, 0.3) is 5.78 Å². The molecule has 2 rings (SSSR count). The lowest BCUT2D eigenvalue weighted by molar-refractivity contribution is -0.157. The minimum Gasteiger partial charge on any atom is -0.455 e. The third kappa shape index (κ3) is 6.48. The Morgan fingerprint density at radius 2 is 1.19 bits per heavy atom. The average molecular weight is 369 g/mol. The molecule has 0 saturated carbocycles. The van der Waals surface area contributed by atoms with Crippen LogP contribution in [0.4, 0.5) is 0 Å². The first-order chi connectivity index (χ1) is 13.0. The van der Waals surface area contributed by atoms with Crippen molar-refractivity contribution >= 4 is 23.5 Å². The molecule has 0 heterocycles. The third-order valence-electron chi connectivity index (χ3n) is 3.60. The van der Waals surface area contributed by atoms with E-state index in [2.05, 4.69) is 0 Å². The van der Waals surface area contributed by atoms with Crippen LogP contribution in [0.5, 0.6) is 0 Å². The Hall–Kier alpha value is -3.32. The molecule has 0 aromatic heterocycles. The smallest absolute Gasteiger partial charge is 0.376 e. The number of carbonyl (C=O) groups excluding carboxylic acids is 4. The van der Waals surface area contributed by atoms with Crippen LogP contribution in [0.15, 0.2) is 60.7 Å². The van der Waals surface area contributed by atoms with Crippen LogP contribution in [0.2, 0.25) is 0 Å². The predicted molar refractivity (Wildman–Crippen MR) is 95.1 cm³/mol. The van der Waals surface area contributed by atoms with Crippen LogP contribution in [0.25, 0.3) is 0 Å². The molecule has 0 radical (unpaired) electrons. The minimum absolute atomic E-state index is 0.0757. The molecule has 0 amide bonds. The Labute approximate surface area is 156 Å². The number of carbonyl (C=O) groups is 4. The zero-order valence-electron chi connectivity index (χ0n) is 14.5. The zero-order valence-corrected chi connectivity index (χ0v) is 14.5. The van der Waals surface area contributed by atoms with E-state index in [1.165, 1.54) is 0 Å². The highest BCUT2D eigenvalue weighted by Gasteiger charge is 2.28. The van der Waals surface area contributed by atoms with Crippen molar-refractivity contribution in [1.29, 1.82) is 0 Å². The topological polar surface area (TPSA) is 113 Å². The molecule has 7 nitrogen and oxygen atoms in total. The summed E-state index contributed by atoms with van der Waals surface area (Å²) in [6.45, 7) is -0.168. The standard InChI is InChI=1S/C20H19NO6/c21-16(18(23)20(25)27-13-15-9-5-2-6-10-15)11-17(22)19(24)26-12-14-7-3-1-4-8-14/h1-10,16H,11-13,21H2/t16-/m0/s1. The molecule has 140 valence electrons. The Kier molecular flexibility index (Phi) is 7.39. The van der Waals surface area contributed by atoms with E-state index in [-0.39, 0.29) is 13.2 Å². The Morgan fingerprint density at radius 1 is 0.741 bits per heavy atom. The quantitative estimate of drug-likeness (QED) is 0.524. The molecule has 2 aromatic rings. The Morgan fingerprint density at radius 3 is 1.67 bits per heavy atom. The average Bonchev–Trinajstić information content (AvgIpc) is 2.71. The summed E-state index contributed by atoms with van der Waals surface area (Å²) in [5.41, 5.74) is 6.97. The summed E-state index contributed by atoms with van der Waals surface area (Å²) in [6.07, 6.45) is -0.632. The van der Waals surface area contributed by atoms with Gasteiger partial charge in [-0.05, 0) is 11.1 Å². The van der Waals surface area contributed by atoms with Crippen molar-refractivity contribution in [2.45, 2.75) is 25.7 Å². The van der Waals surface area contributed by atoms with Gasteiger partial charge in [0.1, 0.15) is 13.2 Å². The molecular weight excluding hydrogens is 350 g/mol. The summed E-state index contributed by atoms with van der Waals surface area (Å²) in [5.74, 6) is -4.32. The van der Waals surface area contributed by atoms with Crippen LogP contribution in [-0.2, 0) is 41.9 Å². The molecule has 0 aliphatic heterocycles. The molecular formula is C20H19NO6. The molecule has 0 saturated heterocycles. The van der Waals surface area contributed by atoms with E-state index in [4.69, 9.17) is 15.2 Å². The minimum atomic E-state index is -1.47. The summed E-state index contributed by atoms with van der Waals surface area (Å²) in [5, 5.41) is 0. The first-order valence-corrected chi connectivity index (χ1v) is 8.21. The summed E-state index contributed by atoms with van der Waals surface area (Å²) in [7, 11) is 0. The number of nitrogens with two attached hydrogens (primary N) is 1. The number of ether oxygens (including phenoxy) is 2. The fourth-order valence-corrected chi connectivity index (χ4v) is 2.12. The number of Topliss-reactive ketones (excluding diaryl/α,β-unsaturated/α-hetero) is 2. The largest absolute Gasteiger partial charge is 0.455 e. The van der Waals surface area contributed by atoms with Gasteiger partial charge in [0.05, 0.1) is 6.04 Å². The van der Waals surface area contributed by atoms with Gasteiger partial charge in [-0.15, -0.1) is 0 Å². The fraction of sp³-hybridized carbons (Fsp3) is 0.200. The van der Waals surface area contributed by atoms with Crippen LogP contribution in [-0.4, -0.2) is 29.5 Å². The highest BCUT2D eigenvalue weighted by molar-refractivity contribution is 6.39. The molecule has 0 unspecified atom stereocenters. The Balaban J connectivity index is 1.77. The number of rotatable bonds is 9. The Bertz CT molecular complexity index is 804. The summed E-state index contributed by atoms with van der Waals surface area (Å²) in [6, 6.07) is 16.1. The van der Waals surface area contributed by atoms with E-state index in [0.29, 0.717) is 11.1 Å². The molecule has 1 atom stereocenters. The van der Waals surface area contributed by atoms with Crippen LogP contribution in [0.3, 0.4) is 0 Å². The van der Waals surface area contributed by atoms with Crippen LogP contribution >= 0.6 is 0 Å². The lowest BCUT2D eigenvalue weighted by Gasteiger charge is -2.10. The molecule has 7 heteroatoms. The van der Waals surface area contributed by atoms with Crippen molar-refractivity contribution in [1.82, 2.24) is 0 Å². The molecule has 27 heavy (non-hydrogen) atoms. The third-order valence-corrected chi connectivity index (χ3v) is 3.60. The lowest BCUT2D eigenvalue weighted by atomic mass is 10.1. The zero-order chi connectivity index (χ0) is 19.6. The predicted octanol–water partition coefficient (Wildman–Crippen LogP) is 1.33. The molecule has 0 aliphatic rings. The van der Waals surface area contributed by atoms with E-state index >= 15 is 0 Å². The van der Waals surface area contributed by atoms with Crippen LogP contribution < -0.4 is 5.73 Å². The van der Waals surface area contributed by atoms with Crippen molar-refractivity contribution < 1.29 is 28.7 Å². The summed E-state index contributed by atoms with van der Waals surface area (Å²) >= 11 is 0. The van der Waals surface area contributed by atoms with Gasteiger partial charge in [0.15, 0.2) is 0 Å². The van der Waals surface area contributed by atoms with Gasteiger partial charge in [-0.25, -0.2) is 9.59 Å². The maximum atomic E-state index is 11.9. The fourth-order valence-electron chi connectivity index (χ4n) is 2.12. The second-order valence-corrected chi connectivity index (χ2v) is 5.72. The lowest BCUT2D eigenvalue weighted by Crippen LogP contribution is -2.40. The number of hydrogen-bond acceptors (Lipinski definition) is 7. The maximum absolute atomic E-state index is 11.9. The van der Waals surface area contributed by atoms with E-state index < -0.39 is 36.0 Å². The summed E-state index contributed by atoms with van der Waals surface area (Å²) in [4.78, 5) is 47.2. The van der Waals surface area contributed by atoms with Gasteiger partial charge in [0.2, 0.25) is 5.78 Å². The normalized spacial score (nSPS) is 11.3. The van der Waals surface area contributed by atoms with E-state index in [1.807, 2.05) is 0 Å². The van der Waals surface area contributed by atoms with Gasteiger partial charge in [-0.1, -0.05) is 60.7 Å². The van der Waals surface area contributed by atoms with Crippen LogP contribution in [0, 0.1) is 0 Å². The number of ketones is 2.